The number of hydrogen-bond acceptors (Lipinski definition) is 6. The molecule has 5 nitrogen and oxygen atoms in total. The summed E-state index contributed by atoms with van der Waals surface area (Å²) in [4.78, 5) is 11.3. The minimum Gasteiger partial charge on any atom is -0.357 e. The van der Waals surface area contributed by atoms with E-state index in [4.69, 9.17) is 0 Å². The minimum absolute atomic E-state index is 0.103. The molecule has 1 fully saturated rings. The zero-order chi connectivity index (χ0) is 16.0. The average Bonchev–Trinajstić information content (AvgIpc) is 2.91. The molecule has 0 radical (unpaired) electrons. The summed E-state index contributed by atoms with van der Waals surface area (Å²) in [5, 5.41) is 13.8. The van der Waals surface area contributed by atoms with Crippen LogP contribution in [0, 0.1) is 0 Å². The van der Waals surface area contributed by atoms with Crippen LogP contribution in [0.3, 0.4) is 0 Å². The Morgan fingerprint density at radius 1 is 1.27 bits per heavy atom. The first-order chi connectivity index (χ1) is 10.4. The molecule has 0 bridgehead atoms. The van der Waals surface area contributed by atoms with Crippen LogP contribution >= 0.6 is 23.1 Å². The van der Waals surface area contributed by atoms with E-state index in [0.717, 1.165) is 24.6 Å². The Bertz CT molecular complexity index is 489. The first-order valence-corrected chi connectivity index (χ1v) is 8.79. The van der Waals surface area contributed by atoms with Crippen molar-refractivity contribution < 1.29 is 18.0 Å². The molecule has 1 amide bonds. The first kappa shape index (κ1) is 17.3. The topological polar surface area (TPSA) is 66.9 Å². The van der Waals surface area contributed by atoms with E-state index in [1.54, 1.807) is 0 Å². The predicted octanol–water partition coefficient (Wildman–Crippen LogP) is 3.05. The molecule has 124 valence electrons. The Morgan fingerprint density at radius 2 is 2.00 bits per heavy atom. The van der Waals surface area contributed by atoms with Crippen LogP contribution in [-0.4, -0.2) is 40.6 Å². The standard InChI is InChI=1S/C12H17F3N4OS2/c13-12(14,15)7-16-9(20)6-21-11-19-18-10(22-11)17-8-4-2-1-3-5-8/h8H,1-7H2,(H,16,20)(H,17,18). The lowest BCUT2D eigenvalue weighted by molar-refractivity contribution is -0.136. The largest absolute Gasteiger partial charge is 0.405 e. The van der Waals surface area contributed by atoms with E-state index < -0.39 is 18.6 Å². The third-order valence-electron chi connectivity index (χ3n) is 3.15. The maximum atomic E-state index is 12.0. The average molecular weight is 354 g/mol. The molecule has 1 aromatic rings. The Balaban J connectivity index is 1.71. The van der Waals surface area contributed by atoms with Gasteiger partial charge < -0.3 is 10.6 Å². The van der Waals surface area contributed by atoms with Gasteiger partial charge in [0.1, 0.15) is 6.54 Å². The summed E-state index contributed by atoms with van der Waals surface area (Å²) in [7, 11) is 0. The van der Waals surface area contributed by atoms with Crippen LogP contribution in [0.2, 0.25) is 0 Å². The highest BCUT2D eigenvalue weighted by Crippen LogP contribution is 2.28. The number of aromatic nitrogens is 2. The van der Waals surface area contributed by atoms with E-state index in [0.29, 0.717) is 15.5 Å². The fraction of sp³-hybridized carbons (Fsp3) is 0.750. The number of carbonyl (C=O) groups excluding carboxylic acids is 1. The molecule has 0 unspecified atom stereocenters. The fourth-order valence-electron chi connectivity index (χ4n) is 2.13. The lowest BCUT2D eigenvalue weighted by Crippen LogP contribution is -2.34. The lowest BCUT2D eigenvalue weighted by Gasteiger charge is -2.21. The Morgan fingerprint density at radius 3 is 2.68 bits per heavy atom. The second kappa shape index (κ2) is 8.00. The van der Waals surface area contributed by atoms with Crippen molar-refractivity contribution in [1.29, 1.82) is 0 Å². The molecular formula is C12H17F3N4OS2. The van der Waals surface area contributed by atoms with Crippen LogP contribution in [0.15, 0.2) is 4.34 Å². The summed E-state index contributed by atoms with van der Waals surface area (Å²) in [6.45, 7) is -1.31. The molecule has 2 N–H and O–H groups in total. The van der Waals surface area contributed by atoms with E-state index >= 15 is 0 Å². The van der Waals surface area contributed by atoms with Gasteiger partial charge in [-0.25, -0.2) is 0 Å². The highest BCUT2D eigenvalue weighted by molar-refractivity contribution is 8.01. The van der Waals surface area contributed by atoms with E-state index in [2.05, 4.69) is 15.5 Å². The van der Waals surface area contributed by atoms with E-state index in [-0.39, 0.29) is 5.75 Å². The van der Waals surface area contributed by atoms with Crippen molar-refractivity contribution in [3.8, 4) is 0 Å². The second-order valence-corrected chi connectivity index (χ2v) is 7.23. The van der Waals surface area contributed by atoms with Gasteiger partial charge in [0.2, 0.25) is 11.0 Å². The summed E-state index contributed by atoms with van der Waals surface area (Å²) in [5.41, 5.74) is 0. The molecule has 1 saturated carbocycles. The number of carbonyl (C=O) groups is 1. The monoisotopic (exact) mass is 354 g/mol. The highest BCUT2D eigenvalue weighted by atomic mass is 32.2. The normalized spacial score (nSPS) is 16.5. The number of rotatable bonds is 6. The summed E-state index contributed by atoms with van der Waals surface area (Å²) < 4.78 is 36.4. The molecule has 0 saturated heterocycles. The van der Waals surface area contributed by atoms with Crippen LogP contribution in [0.5, 0.6) is 0 Å². The van der Waals surface area contributed by atoms with Gasteiger partial charge in [0, 0.05) is 6.04 Å². The number of nitrogens with one attached hydrogen (secondary N) is 2. The van der Waals surface area contributed by atoms with Gasteiger partial charge >= 0.3 is 6.18 Å². The van der Waals surface area contributed by atoms with Gasteiger partial charge in [-0.3, -0.25) is 4.79 Å². The Kier molecular flexibility index (Phi) is 6.30. The van der Waals surface area contributed by atoms with Gasteiger partial charge in [-0.05, 0) is 12.8 Å². The number of alkyl halides is 3. The van der Waals surface area contributed by atoms with Gasteiger partial charge in [0.25, 0.3) is 0 Å². The van der Waals surface area contributed by atoms with Gasteiger partial charge in [0.05, 0.1) is 5.75 Å². The van der Waals surface area contributed by atoms with Crippen LogP contribution in [0.1, 0.15) is 32.1 Å². The quantitative estimate of drug-likeness (QED) is 0.769. The molecule has 1 heterocycles. The fourth-order valence-corrected chi connectivity index (χ4v) is 3.78. The van der Waals surface area contributed by atoms with Crippen molar-refractivity contribution in [2.75, 3.05) is 17.6 Å². The highest BCUT2D eigenvalue weighted by Gasteiger charge is 2.27. The molecule has 1 aromatic heterocycles. The Labute approximate surface area is 134 Å². The molecule has 0 atom stereocenters. The zero-order valence-electron chi connectivity index (χ0n) is 11.8. The molecule has 10 heteroatoms. The number of amides is 1. The number of anilines is 1. The first-order valence-electron chi connectivity index (χ1n) is 6.99. The summed E-state index contributed by atoms with van der Waals surface area (Å²) in [6.07, 6.45) is 1.52. The maximum Gasteiger partial charge on any atom is 0.405 e. The summed E-state index contributed by atoms with van der Waals surface area (Å²) >= 11 is 2.41. The maximum absolute atomic E-state index is 12.0. The number of hydrogen-bond donors (Lipinski definition) is 2. The summed E-state index contributed by atoms with van der Waals surface area (Å²) in [5.74, 6) is -0.770. The van der Waals surface area contributed by atoms with Crippen molar-refractivity contribution in [2.45, 2.75) is 48.7 Å². The molecule has 0 aliphatic heterocycles. The molecule has 0 aromatic carbocycles. The molecule has 22 heavy (non-hydrogen) atoms. The zero-order valence-corrected chi connectivity index (χ0v) is 13.4. The Hall–Kier alpha value is -1.03. The number of nitrogens with zero attached hydrogens (tertiary/aromatic N) is 2. The van der Waals surface area contributed by atoms with Crippen LogP contribution < -0.4 is 10.6 Å². The minimum atomic E-state index is -4.39. The molecule has 0 spiro atoms. The van der Waals surface area contributed by atoms with E-state index in [1.807, 2.05) is 5.32 Å². The van der Waals surface area contributed by atoms with Crippen LogP contribution in [-0.2, 0) is 4.79 Å². The van der Waals surface area contributed by atoms with E-state index in [1.165, 1.54) is 30.6 Å². The lowest BCUT2D eigenvalue weighted by atomic mass is 9.96. The van der Waals surface area contributed by atoms with Crippen LogP contribution in [0.25, 0.3) is 0 Å². The van der Waals surface area contributed by atoms with Gasteiger partial charge in [-0.2, -0.15) is 13.2 Å². The molecular weight excluding hydrogens is 337 g/mol. The van der Waals surface area contributed by atoms with Gasteiger partial charge in [-0.15, -0.1) is 10.2 Å². The van der Waals surface area contributed by atoms with Crippen molar-refractivity contribution >= 4 is 34.1 Å². The van der Waals surface area contributed by atoms with Crippen molar-refractivity contribution in [3.63, 3.8) is 0 Å². The second-order valence-electron chi connectivity index (χ2n) is 5.03. The summed E-state index contributed by atoms with van der Waals surface area (Å²) in [6, 6.07) is 0.412. The third-order valence-corrected chi connectivity index (χ3v) is 5.14. The van der Waals surface area contributed by atoms with E-state index in [9.17, 15) is 18.0 Å². The van der Waals surface area contributed by atoms with Crippen molar-refractivity contribution in [1.82, 2.24) is 15.5 Å². The predicted molar refractivity (Wildman–Crippen MR) is 80.2 cm³/mol. The number of halogens is 3. The van der Waals surface area contributed by atoms with Gasteiger partial charge in [-0.1, -0.05) is 42.4 Å². The smallest absolute Gasteiger partial charge is 0.357 e. The molecule has 1 aliphatic carbocycles. The van der Waals surface area contributed by atoms with Crippen LogP contribution in [0.4, 0.5) is 18.3 Å². The number of thioether (sulfide) groups is 1. The molecule has 2 rings (SSSR count). The third kappa shape index (κ3) is 6.39. The van der Waals surface area contributed by atoms with Crippen molar-refractivity contribution in [2.24, 2.45) is 0 Å². The molecule has 1 aliphatic rings. The van der Waals surface area contributed by atoms with Crippen molar-refractivity contribution in [3.05, 3.63) is 0 Å². The van der Waals surface area contributed by atoms with Gasteiger partial charge in [0.15, 0.2) is 4.34 Å². The SMILES string of the molecule is O=C(CSc1nnc(NC2CCCCC2)s1)NCC(F)(F)F.